The summed E-state index contributed by atoms with van der Waals surface area (Å²) in [5.41, 5.74) is 0.230. The molecule has 19 heavy (non-hydrogen) atoms. The molecule has 1 aromatic heterocycles. The SMILES string of the molecule is CCn1cc(OCc2cc(C(=O)O)ccc2F)cn1. The van der Waals surface area contributed by atoms with Crippen LogP contribution in [0.4, 0.5) is 4.39 Å². The molecule has 0 aliphatic heterocycles. The smallest absolute Gasteiger partial charge is 0.335 e. The van der Waals surface area contributed by atoms with Crippen molar-refractivity contribution in [2.24, 2.45) is 0 Å². The normalized spacial score (nSPS) is 10.4. The van der Waals surface area contributed by atoms with Gasteiger partial charge < -0.3 is 9.84 Å². The summed E-state index contributed by atoms with van der Waals surface area (Å²) in [6, 6.07) is 3.61. The summed E-state index contributed by atoms with van der Waals surface area (Å²) in [4.78, 5) is 10.8. The second-order valence-corrected chi connectivity index (χ2v) is 3.93. The Morgan fingerprint density at radius 2 is 2.32 bits per heavy atom. The highest BCUT2D eigenvalue weighted by atomic mass is 19.1. The third-order valence-electron chi connectivity index (χ3n) is 2.62. The van der Waals surface area contributed by atoms with E-state index in [2.05, 4.69) is 5.10 Å². The van der Waals surface area contributed by atoms with E-state index in [0.717, 1.165) is 6.07 Å². The van der Waals surface area contributed by atoms with Crippen LogP contribution in [0.15, 0.2) is 30.6 Å². The molecule has 0 aliphatic carbocycles. The maximum Gasteiger partial charge on any atom is 0.335 e. The highest BCUT2D eigenvalue weighted by Crippen LogP contribution is 2.15. The van der Waals surface area contributed by atoms with Crippen molar-refractivity contribution in [3.63, 3.8) is 0 Å². The molecule has 0 saturated heterocycles. The van der Waals surface area contributed by atoms with E-state index in [1.807, 2.05) is 6.92 Å². The van der Waals surface area contributed by atoms with Crippen LogP contribution >= 0.6 is 0 Å². The van der Waals surface area contributed by atoms with Gasteiger partial charge in [0.25, 0.3) is 0 Å². The molecule has 0 amide bonds. The Morgan fingerprint density at radius 1 is 1.53 bits per heavy atom. The fourth-order valence-corrected chi connectivity index (χ4v) is 1.57. The molecule has 0 bridgehead atoms. The minimum Gasteiger partial charge on any atom is -0.486 e. The van der Waals surface area contributed by atoms with Gasteiger partial charge in [0.05, 0.1) is 18.0 Å². The van der Waals surface area contributed by atoms with Gasteiger partial charge in [-0.3, -0.25) is 4.68 Å². The summed E-state index contributed by atoms with van der Waals surface area (Å²) in [6.45, 7) is 2.61. The summed E-state index contributed by atoms with van der Waals surface area (Å²) >= 11 is 0. The van der Waals surface area contributed by atoms with Gasteiger partial charge in [-0.1, -0.05) is 0 Å². The Kier molecular flexibility index (Phi) is 3.79. The molecule has 0 aliphatic rings. The van der Waals surface area contributed by atoms with Crippen molar-refractivity contribution in [3.8, 4) is 5.75 Å². The molecule has 6 heteroatoms. The molecule has 2 aromatic rings. The maximum absolute atomic E-state index is 13.5. The summed E-state index contributed by atoms with van der Waals surface area (Å²) in [6.07, 6.45) is 3.22. The van der Waals surface area contributed by atoms with E-state index in [1.165, 1.54) is 18.3 Å². The number of halogens is 1. The standard InChI is InChI=1S/C13H13FN2O3/c1-2-16-7-11(6-15-16)19-8-10-5-9(13(17)18)3-4-12(10)14/h3-7H,2,8H2,1H3,(H,17,18). The molecule has 0 atom stereocenters. The van der Waals surface area contributed by atoms with E-state index in [9.17, 15) is 9.18 Å². The summed E-state index contributed by atoms with van der Waals surface area (Å²) in [5.74, 6) is -1.07. The van der Waals surface area contributed by atoms with Crippen molar-refractivity contribution in [2.75, 3.05) is 0 Å². The molecule has 1 aromatic carbocycles. The number of nitrogens with zero attached hydrogens (tertiary/aromatic N) is 2. The number of carboxylic acids is 1. The number of benzene rings is 1. The molecule has 0 fully saturated rings. The Labute approximate surface area is 109 Å². The Balaban J connectivity index is 2.10. The zero-order valence-electron chi connectivity index (χ0n) is 10.3. The van der Waals surface area contributed by atoms with Crippen molar-refractivity contribution in [1.82, 2.24) is 9.78 Å². The molecular formula is C13H13FN2O3. The Hall–Kier alpha value is -2.37. The number of hydrogen-bond donors (Lipinski definition) is 1. The molecule has 1 heterocycles. The van der Waals surface area contributed by atoms with Gasteiger partial charge >= 0.3 is 5.97 Å². The van der Waals surface area contributed by atoms with Crippen LogP contribution in [0.1, 0.15) is 22.8 Å². The van der Waals surface area contributed by atoms with Gasteiger partial charge in [-0.2, -0.15) is 5.10 Å². The molecule has 1 N–H and O–H groups in total. The van der Waals surface area contributed by atoms with Crippen LogP contribution in [0.25, 0.3) is 0 Å². The molecular weight excluding hydrogens is 251 g/mol. The number of aromatic carboxylic acids is 1. The number of carboxylic acid groups (broad SMARTS) is 1. The number of rotatable bonds is 5. The lowest BCUT2D eigenvalue weighted by molar-refractivity contribution is 0.0696. The van der Waals surface area contributed by atoms with Crippen molar-refractivity contribution in [1.29, 1.82) is 0 Å². The quantitative estimate of drug-likeness (QED) is 0.900. The number of carbonyl (C=O) groups is 1. The minimum atomic E-state index is -1.10. The van der Waals surface area contributed by atoms with Gasteiger partial charge in [0.2, 0.25) is 0 Å². The Morgan fingerprint density at radius 3 is 2.95 bits per heavy atom. The fourth-order valence-electron chi connectivity index (χ4n) is 1.57. The second-order valence-electron chi connectivity index (χ2n) is 3.93. The zero-order chi connectivity index (χ0) is 13.8. The van der Waals surface area contributed by atoms with Gasteiger partial charge in [-0.05, 0) is 25.1 Å². The number of ether oxygens (including phenoxy) is 1. The average molecular weight is 264 g/mol. The molecule has 100 valence electrons. The topological polar surface area (TPSA) is 64.3 Å². The van der Waals surface area contributed by atoms with Crippen LogP contribution in [0.5, 0.6) is 5.75 Å². The lowest BCUT2D eigenvalue weighted by Gasteiger charge is -2.06. The monoisotopic (exact) mass is 264 g/mol. The molecule has 0 saturated carbocycles. The summed E-state index contributed by atoms with van der Waals surface area (Å²) in [5, 5.41) is 12.9. The predicted octanol–water partition coefficient (Wildman–Crippen LogP) is 2.32. The molecule has 2 rings (SSSR count). The first-order valence-corrected chi connectivity index (χ1v) is 5.77. The lowest BCUT2D eigenvalue weighted by atomic mass is 10.1. The summed E-state index contributed by atoms with van der Waals surface area (Å²) in [7, 11) is 0. The van der Waals surface area contributed by atoms with E-state index < -0.39 is 11.8 Å². The third kappa shape index (κ3) is 3.09. The van der Waals surface area contributed by atoms with Crippen molar-refractivity contribution < 1.29 is 19.0 Å². The molecule has 0 radical (unpaired) electrons. The van der Waals surface area contributed by atoms with Crippen molar-refractivity contribution >= 4 is 5.97 Å². The van der Waals surface area contributed by atoms with E-state index in [-0.39, 0.29) is 17.7 Å². The van der Waals surface area contributed by atoms with E-state index in [1.54, 1.807) is 10.9 Å². The largest absolute Gasteiger partial charge is 0.486 e. The van der Waals surface area contributed by atoms with Crippen LogP contribution in [-0.4, -0.2) is 20.9 Å². The van der Waals surface area contributed by atoms with Crippen LogP contribution in [0, 0.1) is 5.82 Å². The van der Waals surface area contributed by atoms with E-state index >= 15 is 0 Å². The second kappa shape index (κ2) is 5.51. The highest BCUT2D eigenvalue weighted by molar-refractivity contribution is 5.87. The first-order valence-electron chi connectivity index (χ1n) is 5.77. The average Bonchev–Trinajstić information content (AvgIpc) is 2.85. The van der Waals surface area contributed by atoms with Crippen LogP contribution in [0.2, 0.25) is 0 Å². The van der Waals surface area contributed by atoms with Crippen LogP contribution < -0.4 is 4.74 Å². The number of aryl methyl sites for hydroxylation is 1. The molecule has 0 spiro atoms. The third-order valence-corrected chi connectivity index (χ3v) is 2.62. The fraction of sp³-hybridized carbons (Fsp3) is 0.231. The summed E-state index contributed by atoms with van der Waals surface area (Å²) < 4.78 is 20.6. The van der Waals surface area contributed by atoms with Crippen LogP contribution in [-0.2, 0) is 13.2 Å². The van der Waals surface area contributed by atoms with Gasteiger partial charge in [0.1, 0.15) is 12.4 Å². The van der Waals surface area contributed by atoms with Crippen LogP contribution in [0.3, 0.4) is 0 Å². The number of aromatic nitrogens is 2. The lowest BCUT2D eigenvalue weighted by Crippen LogP contribution is -2.03. The van der Waals surface area contributed by atoms with Crippen molar-refractivity contribution in [3.05, 3.63) is 47.5 Å². The first kappa shape index (κ1) is 13.1. The minimum absolute atomic E-state index is 0.0317. The Bertz CT molecular complexity index is 595. The van der Waals surface area contributed by atoms with Gasteiger partial charge in [-0.15, -0.1) is 0 Å². The van der Waals surface area contributed by atoms with Gasteiger partial charge in [-0.25, -0.2) is 9.18 Å². The molecule has 0 unspecified atom stereocenters. The van der Waals surface area contributed by atoms with E-state index in [0.29, 0.717) is 12.3 Å². The van der Waals surface area contributed by atoms with Crippen molar-refractivity contribution in [2.45, 2.75) is 20.1 Å². The molecule has 5 nitrogen and oxygen atoms in total. The first-order chi connectivity index (χ1) is 9.10. The number of hydrogen-bond acceptors (Lipinski definition) is 3. The predicted molar refractivity (Wildman–Crippen MR) is 65.6 cm³/mol. The maximum atomic E-state index is 13.5. The van der Waals surface area contributed by atoms with Gasteiger partial charge in [0.15, 0.2) is 5.75 Å². The van der Waals surface area contributed by atoms with Gasteiger partial charge in [0, 0.05) is 12.1 Å². The highest BCUT2D eigenvalue weighted by Gasteiger charge is 2.09. The van der Waals surface area contributed by atoms with E-state index in [4.69, 9.17) is 9.84 Å². The zero-order valence-corrected chi connectivity index (χ0v) is 10.3.